The highest BCUT2D eigenvalue weighted by Crippen LogP contribution is 2.22. The van der Waals surface area contributed by atoms with E-state index in [1.54, 1.807) is 24.3 Å². The molecule has 0 N–H and O–H groups in total. The van der Waals surface area contributed by atoms with Crippen LogP contribution in [0.3, 0.4) is 0 Å². The van der Waals surface area contributed by atoms with E-state index in [-0.39, 0.29) is 18.4 Å². The molecule has 0 bridgehead atoms. The molecule has 5 heteroatoms. The molecule has 0 aliphatic carbocycles. The summed E-state index contributed by atoms with van der Waals surface area (Å²) in [5.74, 6) is -0.574. The molecule has 0 spiro atoms. The van der Waals surface area contributed by atoms with Gasteiger partial charge in [0.1, 0.15) is 0 Å². The number of rotatable bonds is 6. The van der Waals surface area contributed by atoms with Crippen LogP contribution in [0.2, 0.25) is 0 Å². The first-order valence-electron chi connectivity index (χ1n) is 7.37. The zero-order chi connectivity index (χ0) is 15.8. The standard InChI is InChI=1S/C14H17NO4.C2H6/c1-3-18-12(19-4-2)9-15-13(16)10-7-5-6-8-11(10)14(15)17;1-2/h5-8,12H,3-4,9H2,1-2H3;1-2H3. The Morgan fingerprint density at radius 3 is 1.76 bits per heavy atom. The molecule has 0 saturated carbocycles. The van der Waals surface area contributed by atoms with Crippen molar-refractivity contribution in [3.8, 4) is 0 Å². The molecular formula is C16H23NO4. The molecule has 0 aromatic heterocycles. The van der Waals surface area contributed by atoms with Crippen molar-refractivity contribution >= 4 is 11.8 Å². The van der Waals surface area contributed by atoms with Gasteiger partial charge in [0, 0.05) is 13.2 Å². The van der Waals surface area contributed by atoms with Crippen LogP contribution in [0.1, 0.15) is 48.4 Å². The van der Waals surface area contributed by atoms with E-state index in [0.29, 0.717) is 24.3 Å². The summed E-state index contributed by atoms with van der Waals surface area (Å²) in [6.07, 6.45) is -0.572. The third-order valence-corrected chi connectivity index (χ3v) is 2.91. The minimum atomic E-state index is -0.572. The first-order valence-corrected chi connectivity index (χ1v) is 7.37. The first-order chi connectivity index (χ1) is 10.2. The Hall–Kier alpha value is -1.72. The molecule has 0 fully saturated rings. The lowest BCUT2D eigenvalue weighted by Crippen LogP contribution is -2.39. The van der Waals surface area contributed by atoms with Gasteiger partial charge in [-0.25, -0.2) is 0 Å². The number of carbonyl (C=O) groups is 2. The fourth-order valence-electron chi connectivity index (χ4n) is 2.08. The molecule has 116 valence electrons. The number of hydrogen-bond donors (Lipinski definition) is 0. The van der Waals surface area contributed by atoms with Crippen LogP contribution in [0.4, 0.5) is 0 Å². The van der Waals surface area contributed by atoms with Crippen LogP contribution in [0.25, 0.3) is 0 Å². The second kappa shape index (κ2) is 8.54. The van der Waals surface area contributed by atoms with Crippen LogP contribution in [0.5, 0.6) is 0 Å². The fourth-order valence-corrected chi connectivity index (χ4v) is 2.08. The van der Waals surface area contributed by atoms with Crippen LogP contribution >= 0.6 is 0 Å². The molecule has 1 aliphatic rings. The number of carbonyl (C=O) groups excluding carboxylic acids is 2. The molecule has 0 unspecified atom stereocenters. The van der Waals surface area contributed by atoms with Gasteiger partial charge in [-0.3, -0.25) is 14.5 Å². The van der Waals surface area contributed by atoms with Crippen LogP contribution in [-0.2, 0) is 9.47 Å². The third kappa shape index (κ3) is 3.89. The Bertz CT molecular complexity index is 446. The minimum Gasteiger partial charge on any atom is -0.351 e. The van der Waals surface area contributed by atoms with Crippen molar-refractivity contribution in [2.45, 2.75) is 34.0 Å². The Morgan fingerprint density at radius 1 is 0.952 bits per heavy atom. The van der Waals surface area contributed by atoms with E-state index >= 15 is 0 Å². The van der Waals surface area contributed by atoms with Crippen LogP contribution in [0, 0.1) is 0 Å². The number of hydrogen-bond acceptors (Lipinski definition) is 4. The molecule has 1 aromatic carbocycles. The Kier molecular flexibility index (Phi) is 7.05. The molecular weight excluding hydrogens is 270 g/mol. The maximum atomic E-state index is 12.1. The normalized spacial score (nSPS) is 13.3. The van der Waals surface area contributed by atoms with E-state index in [9.17, 15) is 9.59 Å². The van der Waals surface area contributed by atoms with Crippen molar-refractivity contribution in [1.82, 2.24) is 4.90 Å². The SMILES string of the molecule is CC.CCOC(CN1C(=O)c2ccccc2C1=O)OCC. The van der Waals surface area contributed by atoms with Gasteiger partial charge < -0.3 is 9.47 Å². The largest absolute Gasteiger partial charge is 0.351 e. The van der Waals surface area contributed by atoms with E-state index in [0.717, 1.165) is 0 Å². The summed E-state index contributed by atoms with van der Waals surface area (Å²) in [6, 6.07) is 6.81. The Labute approximate surface area is 125 Å². The van der Waals surface area contributed by atoms with Gasteiger partial charge in [0.25, 0.3) is 11.8 Å². The van der Waals surface area contributed by atoms with Gasteiger partial charge in [-0.15, -0.1) is 0 Å². The summed E-state index contributed by atoms with van der Waals surface area (Å²) in [5, 5.41) is 0. The third-order valence-electron chi connectivity index (χ3n) is 2.91. The average molecular weight is 293 g/mol. The van der Waals surface area contributed by atoms with Crippen molar-refractivity contribution in [2.75, 3.05) is 19.8 Å². The Balaban J connectivity index is 0.00000106. The van der Waals surface area contributed by atoms with Crippen molar-refractivity contribution < 1.29 is 19.1 Å². The zero-order valence-corrected chi connectivity index (χ0v) is 13.1. The Morgan fingerprint density at radius 2 is 1.38 bits per heavy atom. The quantitative estimate of drug-likeness (QED) is 0.598. The monoisotopic (exact) mass is 293 g/mol. The van der Waals surface area contributed by atoms with Gasteiger partial charge >= 0.3 is 0 Å². The molecule has 1 heterocycles. The van der Waals surface area contributed by atoms with Crippen LogP contribution in [0.15, 0.2) is 24.3 Å². The lowest BCUT2D eigenvalue weighted by molar-refractivity contribution is -0.140. The predicted octanol–water partition coefficient (Wildman–Crippen LogP) is 2.71. The molecule has 0 saturated heterocycles. The van der Waals surface area contributed by atoms with E-state index in [1.165, 1.54) is 4.90 Å². The van der Waals surface area contributed by atoms with Crippen LogP contribution in [-0.4, -0.2) is 42.8 Å². The minimum absolute atomic E-state index is 0.119. The van der Waals surface area contributed by atoms with Gasteiger partial charge in [-0.2, -0.15) is 0 Å². The highest BCUT2D eigenvalue weighted by Gasteiger charge is 2.36. The van der Waals surface area contributed by atoms with E-state index in [1.807, 2.05) is 27.7 Å². The summed E-state index contributed by atoms with van der Waals surface area (Å²) >= 11 is 0. The summed E-state index contributed by atoms with van der Waals surface area (Å²) in [5.41, 5.74) is 0.887. The summed E-state index contributed by atoms with van der Waals surface area (Å²) in [6.45, 7) is 8.73. The lowest BCUT2D eigenvalue weighted by Gasteiger charge is -2.22. The fraction of sp³-hybridized carbons (Fsp3) is 0.500. The smallest absolute Gasteiger partial charge is 0.261 e. The summed E-state index contributed by atoms with van der Waals surface area (Å²) in [7, 11) is 0. The first kappa shape index (κ1) is 17.3. The van der Waals surface area contributed by atoms with Gasteiger partial charge in [0.05, 0.1) is 17.7 Å². The highest BCUT2D eigenvalue weighted by molar-refractivity contribution is 6.21. The number of amides is 2. The second-order valence-corrected chi connectivity index (χ2v) is 4.11. The van der Waals surface area contributed by atoms with Crippen molar-refractivity contribution in [3.63, 3.8) is 0 Å². The topological polar surface area (TPSA) is 55.8 Å². The number of nitrogens with zero attached hydrogens (tertiary/aromatic N) is 1. The van der Waals surface area contributed by atoms with Crippen molar-refractivity contribution in [2.24, 2.45) is 0 Å². The highest BCUT2D eigenvalue weighted by atomic mass is 16.7. The average Bonchev–Trinajstić information content (AvgIpc) is 2.75. The van der Waals surface area contributed by atoms with Gasteiger partial charge in [0.2, 0.25) is 0 Å². The number of benzene rings is 1. The number of imide groups is 1. The summed E-state index contributed by atoms with van der Waals surface area (Å²) < 4.78 is 10.7. The van der Waals surface area contributed by atoms with Gasteiger partial charge in [0.15, 0.2) is 6.29 Å². The van der Waals surface area contributed by atoms with Crippen molar-refractivity contribution in [1.29, 1.82) is 0 Å². The maximum absolute atomic E-state index is 12.1. The van der Waals surface area contributed by atoms with E-state index in [2.05, 4.69) is 0 Å². The molecule has 2 amide bonds. The van der Waals surface area contributed by atoms with E-state index < -0.39 is 6.29 Å². The lowest BCUT2D eigenvalue weighted by atomic mass is 10.1. The zero-order valence-electron chi connectivity index (χ0n) is 13.1. The van der Waals surface area contributed by atoms with Gasteiger partial charge in [-0.1, -0.05) is 26.0 Å². The maximum Gasteiger partial charge on any atom is 0.261 e. The molecule has 0 radical (unpaired) electrons. The number of ether oxygens (including phenoxy) is 2. The molecule has 1 aliphatic heterocycles. The molecule has 5 nitrogen and oxygen atoms in total. The van der Waals surface area contributed by atoms with E-state index in [4.69, 9.17) is 9.47 Å². The number of fused-ring (bicyclic) bond motifs is 1. The van der Waals surface area contributed by atoms with Crippen molar-refractivity contribution in [3.05, 3.63) is 35.4 Å². The second-order valence-electron chi connectivity index (χ2n) is 4.11. The van der Waals surface area contributed by atoms with Gasteiger partial charge in [-0.05, 0) is 26.0 Å². The predicted molar refractivity (Wildman–Crippen MR) is 80.2 cm³/mol. The van der Waals surface area contributed by atoms with Crippen LogP contribution < -0.4 is 0 Å². The molecule has 0 atom stereocenters. The summed E-state index contributed by atoms with van der Waals surface area (Å²) in [4.78, 5) is 25.5. The molecule has 1 aromatic rings. The molecule has 2 rings (SSSR count). The molecule has 21 heavy (non-hydrogen) atoms.